The van der Waals surface area contributed by atoms with Gasteiger partial charge in [0.05, 0.1) is 11.3 Å². The first-order valence-electron chi connectivity index (χ1n) is 8.51. The minimum absolute atomic E-state index is 0.0243. The van der Waals surface area contributed by atoms with Gasteiger partial charge in [0.15, 0.2) is 0 Å². The summed E-state index contributed by atoms with van der Waals surface area (Å²) in [5, 5.41) is 13.3. The number of carbonyl (C=O) groups is 2. The highest BCUT2D eigenvalue weighted by atomic mass is 32.1. The van der Waals surface area contributed by atoms with E-state index in [4.69, 9.17) is 0 Å². The van der Waals surface area contributed by atoms with Crippen molar-refractivity contribution >= 4 is 23.4 Å². The quantitative estimate of drug-likeness (QED) is 0.887. The van der Waals surface area contributed by atoms with E-state index in [9.17, 15) is 14.7 Å². The van der Waals surface area contributed by atoms with Crippen LogP contribution in [0, 0.1) is 5.92 Å². The first-order chi connectivity index (χ1) is 12.1. The third-order valence-electron chi connectivity index (χ3n) is 4.74. The van der Waals surface area contributed by atoms with Crippen LogP contribution in [0.4, 0.5) is 0 Å². The molecule has 7 heteroatoms. The van der Waals surface area contributed by atoms with Gasteiger partial charge in [0.25, 0.3) is 5.91 Å². The number of hydrogen-bond acceptors (Lipinski definition) is 5. The molecule has 1 N–H and O–H groups in total. The normalized spacial score (nSPS) is 15.3. The van der Waals surface area contributed by atoms with Crippen LogP contribution in [-0.4, -0.2) is 44.6 Å². The molecule has 3 rings (SSSR count). The largest absolute Gasteiger partial charge is 0.478 e. The molecule has 0 bridgehead atoms. The van der Waals surface area contributed by atoms with Gasteiger partial charge >= 0.3 is 5.97 Å². The molecule has 2 heterocycles. The molecule has 0 aliphatic carbocycles. The maximum atomic E-state index is 12.6. The fraction of sp³-hybridized carbons (Fsp3) is 0.444. The smallest absolute Gasteiger partial charge is 0.335 e. The van der Waals surface area contributed by atoms with Crippen molar-refractivity contribution < 1.29 is 14.7 Å². The van der Waals surface area contributed by atoms with Crippen LogP contribution in [0.5, 0.6) is 0 Å². The molecule has 132 valence electrons. The van der Waals surface area contributed by atoms with E-state index in [1.165, 1.54) is 11.5 Å². The number of carbonyl (C=O) groups excluding carboxylic acids is 1. The van der Waals surface area contributed by atoms with Crippen molar-refractivity contribution in [2.75, 3.05) is 13.1 Å². The molecule has 0 atom stereocenters. The molecule has 1 aromatic carbocycles. The van der Waals surface area contributed by atoms with Gasteiger partial charge < -0.3 is 10.0 Å². The maximum Gasteiger partial charge on any atom is 0.335 e. The van der Waals surface area contributed by atoms with E-state index in [1.807, 2.05) is 24.0 Å². The summed E-state index contributed by atoms with van der Waals surface area (Å²) in [6.07, 6.45) is 3.22. The molecule has 25 heavy (non-hydrogen) atoms. The number of carboxylic acids is 1. The molecule has 1 amide bonds. The fourth-order valence-corrected chi connectivity index (χ4v) is 4.02. The van der Waals surface area contributed by atoms with Crippen LogP contribution < -0.4 is 0 Å². The molecule has 1 aliphatic rings. The molecule has 0 saturated carbocycles. The molecule has 0 spiro atoms. The lowest BCUT2D eigenvalue weighted by molar-refractivity contribution is 0.0693. The van der Waals surface area contributed by atoms with E-state index < -0.39 is 5.97 Å². The van der Waals surface area contributed by atoms with Gasteiger partial charge in [-0.15, -0.1) is 5.10 Å². The monoisotopic (exact) mass is 359 g/mol. The van der Waals surface area contributed by atoms with E-state index in [1.54, 1.807) is 12.1 Å². The van der Waals surface area contributed by atoms with Crippen LogP contribution in [0.2, 0.25) is 0 Å². The number of aryl methyl sites for hydroxylation is 1. The average molecular weight is 359 g/mol. The Morgan fingerprint density at radius 1 is 1.28 bits per heavy atom. The number of aromatic nitrogens is 2. The van der Waals surface area contributed by atoms with E-state index in [0.29, 0.717) is 35.9 Å². The average Bonchev–Trinajstić information content (AvgIpc) is 3.11. The van der Waals surface area contributed by atoms with Gasteiger partial charge in [-0.3, -0.25) is 4.79 Å². The molecule has 1 saturated heterocycles. The first kappa shape index (κ1) is 17.5. The van der Waals surface area contributed by atoms with Crippen molar-refractivity contribution in [3.8, 4) is 0 Å². The van der Waals surface area contributed by atoms with Gasteiger partial charge in [0.2, 0.25) is 0 Å². The Labute approximate surface area is 150 Å². The van der Waals surface area contributed by atoms with Gasteiger partial charge in [-0.25, -0.2) is 4.79 Å². The van der Waals surface area contributed by atoms with E-state index in [-0.39, 0.29) is 5.91 Å². The molecule has 1 aliphatic heterocycles. The third-order valence-corrected chi connectivity index (χ3v) is 5.50. The van der Waals surface area contributed by atoms with Crippen LogP contribution in [0.3, 0.4) is 0 Å². The summed E-state index contributed by atoms with van der Waals surface area (Å²) >= 11 is 1.17. The lowest BCUT2D eigenvalue weighted by atomic mass is 9.88. The Morgan fingerprint density at radius 2 is 2.00 bits per heavy atom. The number of nitrogens with zero attached hydrogens (tertiary/aromatic N) is 3. The van der Waals surface area contributed by atoms with Gasteiger partial charge in [-0.1, -0.05) is 29.6 Å². The number of hydrogen-bond donors (Lipinski definition) is 1. The zero-order valence-corrected chi connectivity index (χ0v) is 15.0. The first-order valence-corrected chi connectivity index (χ1v) is 9.29. The molecular weight excluding hydrogens is 338 g/mol. The summed E-state index contributed by atoms with van der Waals surface area (Å²) in [7, 11) is 0. The SMILES string of the molecule is CCc1nnsc1C(=O)N1CCC(Cc2ccccc2C(=O)O)CC1. The fourth-order valence-electron chi connectivity index (χ4n) is 3.30. The van der Waals surface area contributed by atoms with Crippen molar-refractivity contribution in [3.63, 3.8) is 0 Å². The molecule has 0 radical (unpaired) electrons. The van der Waals surface area contributed by atoms with E-state index >= 15 is 0 Å². The summed E-state index contributed by atoms with van der Waals surface area (Å²) in [6.45, 7) is 3.36. The van der Waals surface area contributed by atoms with Crippen molar-refractivity contribution in [1.29, 1.82) is 0 Å². The maximum absolute atomic E-state index is 12.6. The van der Waals surface area contributed by atoms with Crippen LogP contribution in [0.15, 0.2) is 24.3 Å². The summed E-state index contributed by atoms with van der Waals surface area (Å²) in [5.41, 5.74) is 2.02. The Morgan fingerprint density at radius 3 is 2.68 bits per heavy atom. The van der Waals surface area contributed by atoms with Gasteiger partial charge in [-0.05, 0) is 54.8 Å². The number of amides is 1. The number of benzene rings is 1. The second-order valence-corrected chi connectivity index (χ2v) is 7.06. The molecule has 1 fully saturated rings. The highest BCUT2D eigenvalue weighted by molar-refractivity contribution is 7.08. The highest BCUT2D eigenvalue weighted by Gasteiger charge is 2.27. The van der Waals surface area contributed by atoms with Crippen molar-refractivity contribution in [1.82, 2.24) is 14.5 Å². The van der Waals surface area contributed by atoms with E-state index in [0.717, 1.165) is 30.5 Å². The standard InChI is InChI=1S/C18H21N3O3S/c1-2-15-16(25-20-19-15)17(22)21-9-7-12(8-10-21)11-13-5-3-4-6-14(13)18(23)24/h3-6,12H,2,7-11H2,1H3,(H,23,24). The summed E-state index contributed by atoms with van der Waals surface area (Å²) in [5.74, 6) is -0.459. The van der Waals surface area contributed by atoms with E-state index in [2.05, 4.69) is 9.59 Å². The molecule has 1 aromatic heterocycles. The second kappa shape index (κ2) is 7.74. The van der Waals surface area contributed by atoms with Crippen molar-refractivity contribution in [2.24, 2.45) is 5.92 Å². The Hall–Kier alpha value is -2.28. The minimum Gasteiger partial charge on any atom is -0.478 e. The highest BCUT2D eigenvalue weighted by Crippen LogP contribution is 2.25. The predicted octanol–water partition coefficient (Wildman–Crippen LogP) is 2.89. The van der Waals surface area contributed by atoms with Gasteiger partial charge in [-0.2, -0.15) is 0 Å². The Bertz CT molecular complexity index is 766. The molecule has 2 aromatic rings. The summed E-state index contributed by atoms with van der Waals surface area (Å²) in [6, 6.07) is 7.17. The Kier molecular flexibility index (Phi) is 5.43. The lowest BCUT2D eigenvalue weighted by Gasteiger charge is -2.32. The number of likely N-dealkylation sites (tertiary alicyclic amines) is 1. The number of rotatable bonds is 5. The van der Waals surface area contributed by atoms with Gasteiger partial charge in [0.1, 0.15) is 4.88 Å². The zero-order chi connectivity index (χ0) is 17.8. The molecule has 6 nitrogen and oxygen atoms in total. The zero-order valence-electron chi connectivity index (χ0n) is 14.1. The van der Waals surface area contributed by atoms with Crippen LogP contribution in [0.25, 0.3) is 0 Å². The lowest BCUT2D eigenvalue weighted by Crippen LogP contribution is -2.39. The second-order valence-electron chi connectivity index (χ2n) is 6.30. The number of carboxylic acid groups (broad SMARTS) is 1. The van der Waals surface area contributed by atoms with Crippen LogP contribution in [0.1, 0.15) is 51.1 Å². The predicted molar refractivity (Wildman–Crippen MR) is 95.0 cm³/mol. The molecule has 0 unspecified atom stereocenters. The van der Waals surface area contributed by atoms with Gasteiger partial charge in [0, 0.05) is 13.1 Å². The number of piperidine rings is 1. The van der Waals surface area contributed by atoms with Crippen molar-refractivity contribution in [2.45, 2.75) is 32.6 Å². The van der Waals surface area contributed by atoms with Crippen LogP contribution in [-0.2, 0) is 12.8 Å². The molecular formula is C18H21N3O3S. The Balaban J connectivity index is 1.61. The summed E-state index contributed by atoms with van der Waals surface area (Å²) in [4.78, 5) is 26.5. The minimum atomic E-state index is -0.881. The third kappa shape index (κ3) is 3.87. The van der Waals surface area contributed by atoms with Crippen molar-refractivity contribution in [3.05, 3.63) is 46.0 Å². The summed E-state index contributed by atoms with van der Waals surface area (Å²) < 4.78 is 3.89. The van der Waals surface area contributed by atoms with Crippen LogP contribution >= 0.6 is 11.5 Å². The topological polar surface area (TPSA) is 83.4 Å². The number of aromatic carboxylic acids is 1.